The van der Waals surface area contributed by atoms with E-state index in [-0.39, 0.29) is 11.8 Å². The Hall–Kier alpha value is -2.80. The van der Waals surface area contributed by atoms with Crippen molar-refractivity contribution in [3.05, 3.63) is 42.5 Å². The van der Waals surface area contributed by atoms with Crippen LogP contribution in [0.4, 0.5) is 10.8 Å². The number of ether oxygens (including phenoxy) is 2. The molecule has 7 heteroatoms. The van der Waals surface area contributed by atoms with E-state index in [1.165, 1.54) is 0 Å². The predicted octanol–water partition coefficient (Wildman–Crippen LogP) is 3.78. The second kappa shape index (κ2) is 7.44. The van der Waals surface area contributed by atoms with Crippen molar-refractivity contribution in [1.82, 2.24) is 4.98 Å². The minimum atomic E-state index is -0.0544. The van der Waals surface area contributed by atoms with E-state index in [0.29, 0.717) is 25.4 Å². The second-order valence-electron chi connectivity index (χ2n) is 6.35. The predicted molar refractivity (Wildman–Crippen MR) is 108 cm³/mol. The van der Waals surface area contributed by atoms with Crippen LogP contribution in [-0.4, -0.2) is 37.7 Å². The molecule has 0 aliphatic carbocycles. The zero-order chi connectivity index (χ0) is 18.8. The van der Waals surface area contributed by atoms with E-state index in [1.54, 1.807) is 18.4 Å². The van der Waals surface area contributed by atoms with Gasteiger partial charge in [-0.15, -0.1) is 0 Å². The van der Waals surface area contributed by atoms with Crippen LogP contribution in [0.3, 0.4) is 0 Å². The van der Waals surface area contributed by atoms with Gasteiger partial charge in [0.2, 0.25) is 5.91 Å². The Morgan fingerprint density at radius 3 is 2.89 bits per heavy atom. The maximum Gasteiger partial charge on any atom is 0.231 e. The fraction of sp³-hybridized carbons (Fsp3) is 0.300. The van der Waals surface area contributed by atoms with Crippen LogP contribution < -0.4 is 19.7 Å². The summed E-state index contributed by atoms with van der Waals surface area (Å²) in [6.45, 7) is 3.82. The average molecular weight is 383 g/mol. The highest BCUT2D eigenvalue weighted by atomic mass is 32.1. The highest BCUT2D eigenvalue weighted by molar-refractivity contribution is 7.22. The monoisotopic (exact) mass is 383 g/mol. The third-order valence-corrected chi connectivity index (χ3v) is 5.65. The summed E-state index contributed by atoms with van der Waals surface area (Å²) in [5.41, 5.74) is 1.64. The molecular weight excluding hydrogens is 362 g/mol. The standard InChI is InChI=1S/C20H21N3O3S/c1-3-26-17-7-5-4-6-15(17)21-19(24)13-11-23(12-13)20-22-16-10-14(25-2)8-9-18(16)27-20/h4-10,13H,3,11-12H2,1-2H3,(H,21,24). The number of anilines is 2. The molecule has 1 saturated heterocycles. The van der Waals surface area contributed by atoms with Crippen molar-refractivity contribution in [1.29, 1.82) is 0 Å². The summed E-state index contributed by atoms with van der Waals surface area (Å²) in [7, 11) is 1.65. The lowest BCUT2D eigenvalue weighted by molar-refractivity contribution is -0.120. The van der Waals surface area contributed by atoms with Crippen LogP contribution >= 0.6 is 11.3 Å². The molecule has 1 fully saturated rings. The highest BCUT2D eigenvalue weighted by Crippen LogP contribution is 2.35. The summed E-state index contributed by atoms with van der Waals surface area (Å²) in [5.74, 6) is 1.46. The van der Waals surface area contributed by atoms with Gasteiger partial charge in [-0.05, 0) is 31.2 Å². The highest BCUT2D eigenvalue weighted by Gasteiger charge is 2.34. The third-order valence-electron chi connectivity index (χ3n) is 4.55. The lowest BCUT2D eigenvalue weighted by atomic mass is 10.00. The van der Waals surface area contributed by atoms with Gasteiger partial charge in [0.25, 0.3) is 0 Å². The summed E-state index contributed by atoms with van der Waals surface area (Å²) in [6, 6.07) is 13.4. The number of fused-ring (bicyclic) bond motifs is 1. The Morgan fingerprint density at radius 1 is 1.30 bits per heavy atom. The fourth-order valence-corrected chi connectivity index (χ4v) is 4.01. The van der Waals surface area contributed by atoms with E-state index in [2.05, 4.69) is 15.2 Å². The number of methoxy groups -OCH3 is 1. The molecule has 27 heavy (non-hydrogen) atoms. The maximum atomic E-state index is 12.6. The lowest BCUT2D eigenvalue weighted by Crippen LogP contribution is -2.52. The number of carbonyl (C=O) groups excluding carboxylic acids is 1. The molecule has 0 saturated carbocycles. The molecule has 4 rings (SSSR count). The first kappa shape index (κ1) is 17.6. The third kappa shape index (κ3) is 3.55. The van der Waals surface area contributed by atoms with E-state index in [4.69, 9.17) is 9.47 Å². The molecule has 0 unspecified atom stereocenters. The minimum absolute atomic E-state index is 0.0150. The second-order valence-corrected chi connectivity index (χ2v) is 7.36. The molecule has 1 aliphatic heterocycles. The quantitative estimate of drug-likeness (QED) is 0.702. The van der Waals surface area contributed by atoms with Crippen molar-refractivity contribution < 1.29 is 14.3 Å². The zero-order valence-electron chi connectivity index (χ0n) is 15.3. The Kier molecular flexibility index (Phi) is 4.85. The average Bonchev–Trinajstić information content (AvgIpc) is 3.04. The van der Waals surface area contributed by atoms with E-state index in [1.807, 2.05) is 49.4 Å². The number of carbonyl (C=O) groups is 1. The van der Waals surface area contributed by atoms with E-state index < -0.39 is 0 Å². The molecule has 140 valence electrons. The number of hydrogen-bond acceptors (Lipinski definition) is 6. The van der Waals surface area contributed by atoms with Crippen LogP contribution in [-0.2, 0) is 4.79 Å². The normalized spacial score (nSPS) is 14.1. The van der Waals surface area contributed by atoms with Gasteiger partial charge in [0.05, 0.1) is 35.5 Å². The Labute approximate surface area is 161 Å². The van der Waals surface area contributed by atoms with E-state index in [0.717, 1.165) is 26.8 Å². The van der Waals surface area contributed by atoms with Gasteiger partial charge in [-0.2, -0.15) is 0 Å². The number of rotatable bonds is 6. The van der Waals surface area contributed by atoms with Crippen LogP contribution in [0.15, 0.2) is 42.5 Å². The number of nitrogens with zero attached hydrogens (tertiary/aromatic N) is 2. The SMILES string of the molecule is CCOc1ccccc1NC(=O)C1CN(c2nc3cc(OC)ccc3s2)C1. The molecule has 2 heterocycles. The van der Waals surface area contributed by atoms with Gasteiger partial charge >= 0.3 is 0 Å². The van der Waals surface area contributed by atoms with E-state index >= 15 is 0 Å². The summed E-state index contributed by atoms with van der Waals surface area (Å²) < 4.78 is 11.9. The number of para-hydroxylation sites is 2. The van der Waals surface area contributed by atoms with Crippen molar-refractivity contribution in [2.45, 2.75) is 6.92 Å². The number of benzene rings is 2. The van der Waals surface area contributed by atoms with Crippen molar-refractivity contribution in [2.75, 3.05) is 37.0 Å². The van der Waals surface area contributed by atoms with E-state index in [9.17, 15) is 4.79 Å². The van der Waals surface area contributed by atoms with Crippen molar-refractivity contribution in [3.8, 4) is 11.5 Å². The first-order valence-corrected chi connectivity index (χ1v) is 9.71. The molecular formula is C20H21N3O3S. The lowest BCUT2D eigenvalue weighted by Gasteiger charge is -2.38. The Bertz CT molecular complexity index is 966. The van der Waals surface area contributed by atoms with Crippen LogP contribution in [0, 0.1) is 5.92 Å². The number of nitrogens with one attached hydrogen (secondary N) is 1. The van der Waals surface area contributed by atoms with Crippen molar-refractivity contribution in [2.24, 2.45) is 5.92 Å². The van der Waals surface area contributed by atoms with Gasteiger partial charge in [0.15, 0.2) is 5.13 Å². The Morgan fingerprint density at radius 2 is 2.11 bits per heavy atom. The number of amides is 1. The molecule has 1 amide bonds. The van der Waals surface area contributed by atoms with Gasteiger partial charge in [-0.1, -0.05) is 23.5 Å². The molecule has 1 aliphatic rings. The summed E-state index contributed by atoms with van der Waals surface area (Å²) >= 11 is 1.63. The van der Waals surface area contributed by atoms with Crippen LogP contribution in [0.2, 0.25) is 0 Å². The van der Waals surface area contributed by atoms with Gasteiger partial charge in [0, 0.05) is 19.2 Å². The van der Waals surface area contributed by atoms with Crippen LogP contribution in [0.5, 0.6) is 11.5 Å². The van der Waals surface area contributed by atoms with Gasteiger partial charge < -0.3 is 19.7 Å². The van der Waals surface area contributed by atoms with Gasteiger partial charge in [-0.25, -0.2) is 4.98 Å². The molecule has 0 radical (unpaired) electrons. The molecule has 3 aromatic rings. The summed E-state index contributed by atoms with van der Waals surface area (Å²) in [5, 5.41) is 3.93. The topological polar surface area (TPSA) is 63.7 Å². The minimum Gasteiger partial charge on any atom is -0.497 e. The maximum absolute atomic E-state index is 12.6. The number of aromatic nitrogens is 1. The van der Waals surface area contributed by atoms with Gasteiger partial charge in [0.1, 0.15) is 11.5 Å². The molecule has 0 spiro atoms. The van der Waals surface area contributed by atoms with Crippen LogP contribution in [0.25, 0.3) is 10.2 Å². The van der Waals surface area contributed by atoms with Crippen molar-refractivity contribution in [3.63, 3.8) is 0 Å². The zero-order valence-corrected chi connectivity index (χ0v) is 16.1. The molecule has 0 bridgehead atoms. The van der Waals surface area contributed by atoms with Crippen LogP contribution in [0.1, 0.15) is 6.92 Å². The molecule has 1 N–H and O–H groups in total. The first-order valence-electron chi connectivity index (χ1n) is 8.90. The fourth-order valence-electron chi connectivity index (χ4n) is 3.04. The van der Waals surface area contributed by atoms with Gasteiger partial charge in [-0.3, -0.25) is 4.79 Å². The summed E-state index contributed by atoms with van der Waals surface area (Å²) in [6.07, 6.45) is 0. The molecule has 1 aromatic heterocycles. The smallest absolute Gasteiger partial charge is 0.231 e. The van der Waals surface area contributed by atoms with Crippen molar-refractivity contribution >= 4 is 38.3 Å². The molecule has 0 atom stereocenters. The number of hydrogen-bond donors (Lipinski definition) is 1. The number of thiazole rings is 1. The molecule has 2 aromatic carbocycles. The molecule has 6 nitrogen and oxygen atoms in total. The Balaban J connectivity index is 1.40. The summed E-state index contributed by atoms with van der Waals surface area (Å²) in [4.78, 5) is 19.4. The first-order chi connectivity index (χ1) is 13.2. The largest absolute Gasteiger partial charge is 0.497 e.